The molecule has 4 aromatic rings. The molecule has 33 heavy (non-hydrogen) atoms. The zero-order valence-corrected chi connectivity index (χ0v) is 18.7. The van der Waals surface area contributed by atoms with Gasteiger partial charge >= 0.3 is 0 Å². The lowest BCUT2D eigenvalue weighted by Gasteiger charge is -2.30. The van der Waals surface area contributed by atoms with E-state index in [0.717, 1.165) is 78.4 Å². The summed E-state index contributed by atoms with van der Waals surface area (Å²) in [6.07, 6.45) is 7.17. The molecule has 8 heteroatoms. The average Bonchev–Trinajstić information content (AvgIpc) is 3.60. The first-order valence-corrected chi connectivity index (χ1v) is 11.4. The van der Waals surface area contributed by atoms with Crippen molar-refractivity contribution in [3.63, 3.8) is 0 Å². The van der Waals surface area contributed by atoms with Crippen LogP contribution >= 0.6 is 0 Å². The van der Waals surface area contributed by atoms with E-state index in [1.165, 1.54) is 0 Å². The van der Waals surface area contributed by atoms with Crippen LogP contribution in [0.1, 0.15) is 25.7 Å². The summed E-state index contributed by atoms with van der Waals surface area (Å²) in [5.41, 5.74) is 10.2. The molecule has 0 amide bonds. The standard InChI is InChI=1S/C21H22N6O.C4H6O/c1-27-8-6-15(7-9-27)25-20-16-10-13(2-4-17(16)23-12-24-20)14-3-5-19-18(11-14)26-21(22)28-19;5-3-4-1-2-4/h2-5,10-12,15H,6-9H2,1H3,(H2,22,26)(H,23,24,25);3-4H,1-2H2. The first-order chi connectivity index (χ1) is 16.1. The van der Waals surface area contributed by atoms with Crippen LogP contribution in [0.5, 0.6) is 0 Å². The van der Waals surface area contributed by atoms with Crippen LogP contribution < -0.4 is 11.1 Å². The number of nitrogens with one attached hydrogen (secondary N) is 1. The van der Waals surface area contributed by atoms with Crippen molar-refractivity contribution in [2.45, 2.75) is 31.7 Å². The van der Waals surface area contributed by atoms with Gasteiger partial charge in [0.2, 0.25) is 0 Å². The monoisotopic (exact) mass is 444 g/mol. The minimum Gasteiger partial charge on any atom is -0.424 e. The van der Waals surface area contributed by atoms with Gasteiger partial charge in [0.05, 0.1) is 5.52 Å². The molecule has 2 aromatic carbocycles. The second kappa shape index (κ2) is 9.15. The van der Waals surface area contributed by atoms with Crippen molar-refractivity contribution >= 4 is 40.1 Å². The second-order valence-corrected chi connectivity index (χ2v) is 8.88. The third-order valence-corrected chi connectivity index (χ3v) is 6.25. The fourth-order valence-corrected chi connectivity index (χ4v) is 4.05. The van der Waals surface area contributed by atoms with Gasteiger partial charge in [0, 0.05) is 17.3 Å². The number of nitrogens with two attached hydrogens (primary N) is 1. The molecule has 0 unspecified atom stereocenters. The molecule has 170 valence electrons. The molecule has 0 radical (unpaired) electrons. The van der Waals surface area contributed by atoms with E-state index >= 15 is 0 Å². The predicted molar refractivity (Wildman–Crippen MR) is 130 cm³/mol. The number of oxazole rings is 1. The van der Waals surface area contributed by atoms with Gasteiger partial charge in [-0.3, -0.25) is 0 Å². The Hall–Kier alpha value is -3.52. The third-order valence-electron chi connectivity index (χ3n) is 6.25. The van der Waals surface area contributed by atoms with Crippen molar-refractivity contribution in [3.8, 4) is 11.1 Å². The largest absolute Gasteiger partial charge is 0.424 e. The molecular formula is C25H28N6O2. The number of rotatable bonds is 4. The van der Waals surface area contributed by atoms with Crippen LogP contribution in [0.25, 0.3) is 33.1 Å². The molecule has 1 saturated heterocycles. The van der Waals surface area contributed by atoms with Gasteiger partial charge in [-0.05, 0) is 81.2 Å². The number of hydrogen-bond donors (Lipinski definition) is 2. The van der Waals surface area contributed by atoms with Crippen LogP contribution in [-0.2, 0) is 4.79 Å². The highest BCUT2D eigenvalue weighted by Gasteiger charge is 2.19. The van der Waals surface area contributed by atoms with Gasteiger partial charge in [-0.25, -0.2) is 9.97 Å². The van der Waals surface area contributed by atoms with Crippen molar-refractivity contribution in [2.75, 3.05) is 31.2 Å². The number of fused-ring (bicyclic) bond motifs is 2. The first-order valence-electron chi connectivity index (χ1n) is 11.4. The number of hydrogen-bond acceptors (Lipinski definition) is 8. The fraction of sp³-hybridized carbons (Fsp3) is 0.360. The lowest BCUT2D eigenvalue weighted by atomic mass is 10.0. The topological polar surface area (TPSA) is 110 Å². The van der Waals surface area contributed by atoms with Crippen molar-refractivity contribution in [1.29, 1.82) is 0 Å². The Morgan fingerprint density at radius 1 is 1.03 bits per heavy atom. The van der Waals surface area contributed by atoms with Crippen LogP contribution in [-0.4, -0.2) is 52.3 Å². The van der Waals surface area contributed by atoms with Crippen molar-refractivity contribution in [2.24, 2.45) is 5.92 Å². The van der Waals surface area contributed by atoms with Crippen LogP contribution in [0.3, 0.4) is 0 Å². The molecule has 2 fully saturated rings. The summed E-state index contributed by atoms with van der Waals surface area (Å²) >= 11 is 0. The molecule has 2 aliphatic rings. The summed E-state index contributed by atoms with van der Waals surface area (Å²) in [6, 6.07) is 12.8. The van der Waals surface area contributed by atoms with E-state index < -0.39 is 0 Å². The second-order valence-electron chi connectivity index (χ2n) is 8.88. The normalized spacial score (nSPS) is 17.0. The molecule has 6 rings (SSSR count). The molecule has 8 nitrogen and oxygen atoms in total. The number of benzene rings is 2. The maximum absolute atomic E-state index is 9.57. The summed E-state index contributed by atoms with van der Waals surface area (Å²) in [5, 5.41) is 4.66. The number of aldehydes is 1. The summed E-state index contributed by atoms with van der Waals surface area (Å²) in [5.74, 6) is 1.35. The smallest absolute Gasteiger partial charge is 0.292 e. The van der Waals surface area contributed by atoms with Gasteiger partial charge in [0.1, 0.15) is 23.9 Å². The third kappa shape index (κ3) is 4.96. The van der Waals surface area contributed by atoms with Crippen molar-refractivity contribution < 1.29 is 9.21 Å². The van der Waals surface area contributed by atoms with Crippen LogP contribution in [0.15, 0.2) is 47.1 Å². The van der Waals surface area contributed by atoms with Crippen molar-refractivity contribution in [3.05, 3.63) is 42.7 Å². The maximum Gasteiger partial charge on any atom is 0.292 e. The summed E-state index contributed by atoms with van der Waals surface area (Å²) in [7, 11) is 2.17. The van der Waals surface area contributed by atoms with Crippen LogP contribution in [0.2, 0.25) is 0 Å². The van der Waals surface area contributed by atoms with Gasteiger partial charge in [0.25, 0.3) is 6.01 Å². The summed E-state index contributed by atoms with van der Waals surface area (Å²) in [6.45, 7) is 2.21. The fourth-order valence-electron chi connectivity index (χ4n) is 4.05. The number of aromatic nitrogens is 3. The number of likely N-dealkylation sites (tertiary alicyclic amines) is 1. The van der Waals surface area contributed by atoms with E-state index in [2.05, 4.69) is 44.3 Å². The first kappa shape index (κ1) is 21.3. The number of carbonyl (C=O) groups excluding carboxylic acids is 1. The Balaban J connectivity index is 0.000000406. The lowest BCUT2D eigenvalue weighted by Crippen LogP contribution is -2.36. The summed E-state index contributed by atoms with van der Waals surface area (Å²) < 4.78 is 5.37. The maximum atomic E-state index is 9.57. The number of nitrogens with zero attached hydrogens (tertiary/aromatic N) is 4. The number of nitrogen functional groups attached to an aromatic ring is 1. The summed E-state index contributed by atoms with van der Waals surface area (Å²) in [4.78, 5) is 25.1. The quantitative estimate of drug-likeness (QED) is 0.452. The van der Waals surface area contributed by atoms with Crippen LogP contribution in [0, 0.1) is 5.92 Å². The zero-order valence-electron chi connectivity index (χ0n) is 18.7. The minimum absolute atomic E-state index is 0.184. The molecule has 3 heterocycles. The minimum atomic E-state index is 0.184. The molecule has 2 aromatic heterocycles. The lowest BCUT2D eigenvalue weighted by molar-refractivity contribution is -0.108. The Kier molecular flexibility index (Phi) is 5.92. The number of anilines is 2. The van der Waals surface area contributed by atoms with Gasteiger partial charge in [-0.15, -0.1) is 0 Å². The Labute approximate surface area is 192 Å². The van der Waals surface area contributed by atoms with Gasteiger partial charge in [-0.1, -0.05) is 12.1 Å². The average molecular weight is 445 g/mol. The Morgan fingerprint density at radius 3 is 2.52 bits per heavy atom. The van der Waals surface area contributed by atoms with Gasteiger partial charge < -0.3 is 25.2 Å². The van der Waals surface area contributed by atoms with E-state index in [1.54, 1.807) is 6.33 Å². The molecule has 0 spiro atoms. The highest BCUT2D eigenvalue weighted by atomic mass is 16.4. The molecule has 0 bridgehead atoms. The molecule has 0 atom stereocenters. The molecule has 1 saturated carbocycles. The number of piperidine rings is 1. The van der Waals surface area contributed by atoms with E-state index in [0.29, 0.717) is 17.5 Å². The zero-order chi connectivity index (χ0) is 22.8. The Morgan fingerprint density at radius 2 is 1.79 bits per heavy atom. The SMILES string of the molecule is CN1CCC(Nc2ncnc3ccc(-c4ccc5oc(N)nc5c4)cc23)CC1.O=CC1CC1. The van der Waals surface area contributed by atoms with Crippen molar-refractivity contribution in [1.82, 2.24) is 19.9 Å². The van der Waals surface area contributed by atoms with E-state index in [9.17, 15) is 4.79 Å². The highest BCUT2D eigenvalue weighted by Crippen LogP contribution is 2.30. The Bertz CT molecular complexity index is 1270. The van der Waals surface area contributed by atoms with Gasteiger partial charge in [0.15, 0.2) is 5.58 Å². The molecule has 1 aliphatic carbocycles. The van der Waals surface area contributed by atoms with Gasteiger partial charge in [-0.2, -0.15) is 4.98 Å². The van der Waals surface area contributed by atoms with E-state index in [-0.39, 0.29) is 6.01 Å². The van der Waals surface area contributed by atoms with E-state index in [1.807, 2.05) is 24.3 Å². The highest BCUT2D eigenvalue weighted by molar-refractivity contribution is 5.93. The van der Waals surface area contributed by atoms with E-state index in [4.69, 9.17) is 10.2 Å². The predicted octanol–water partition coefficient (Wildman–Crippen LogP) is 4.12. The molecule has 3 N–H and O–H groups in total. The molecule has 1 aliphatic heterocycles. The van der Waals surface area contributed by atoms with Crippen LogP contribution in [0.4, 0.5) is 11.8 Å². The molecular weight excluding hydrogens is 416 g/mol. The number of carbonyl (C=O) groups is 1.